The number of nitrogens with zero attached hydrogens (tertiary/aromatic N) is 4. The molecule has 2 rings (SSSR count). The van der Waals surface area contributed by atoms with E-state index >= 15 is 0 Å². The van der Waals surface area contributed by atoms with Crippen LogP contribution in [0.5, 0.6) is 0 Å². The van der Waals surface area contributed by atoms with Gasteiger partial charge in [-0.2, -0.15) is 4.98 Å². The summed E-state index contributed by atoms with van der Waals surface area (Å²) in [7, 11) is 0. The largest absolute Gasteiger partial charge is 0.289 e. The normalized spacial score (nSPS) is 10.3. The van der Waals surface area contributed by atoms with E-state index in [1.807, 2.05) is 0 Å². The van der Waals surface area contributed by atoms with Gasteiger partial charge in [0.05, 0.1) is 0 Å². The van der Waals surface area contributed by atoms with Gasteiger partial charge < -0.3 is 0 Å². The molecule has 2 heterocycles. The summed E-state index contributed by atoms with van der Waals surface area (Å²) in [6.45, 7) is 0. The fourth-order valence-electron chi connectivity index (χ4n) is 0.894. The number of hydrogen-bond donors (Lipinski definition) is 0. The maximum atomic E-state index is 5.64. The minimum atomic E-state index is 0.197. The number of imidazole rings is 1. The Kier molecular flexibility index (Phi) is 2.16. The van der Waals surface area contributed by atoms with Gasteiger partial charge in [0.1, 0.15) is 17.3 Å². The Morgan fingerprint density at radius 2 is 2.08 bits per heavy atom. The second-order valence-corrected chi connectivity index (χ2v) is 3.01. The van der Waals surface area contributed by atoms with Gasteiger partial charge in [0.25, 0.3) is 0 Å². The molecule has 0 fully saturated rings. The topological polar surface area (TPSA) is 43.6 Å². The quantitative estimate of drug-likeness (QED) is 0.683. The summed E-state index contributed by atoms with van der Waals surface area (Å²) >= 11 is 11.3. The van der Waals surface area contributed by atoms with Gasteiger partial charge in [-0.3, -0.25) is 4.57 Å². The molecule has 0 aliphatic carbocycles. The number of halogens is 2. The van der Waals surface area contributed by atoms with Crippen molar-refractivity contribution in [1.29, 1.82) is 0 Å². The summed E-state index contributed by atoms with van der Waals surface area (Å²) in [4.78, 5) is 11.6. The molecule has 0 saturated heterocycles. The van der Waals surface area contributed by atoms with Crippen molar-refractivity contribution in [1.82, 2.24) is 19.5 Å². The van der Waals surface area contributed by atoms with E-state index in [0.717, 1.165) is 0 Å². The molecule has 0 aliphatic heterocycles. The Hall–Kier alpha value is -1.13. The molecule has 0 spiro atoms. The van der Waals surface area contributed by atoms with Crippen molar-refractivity contribution in [2.75, 3.05) is 0 Å². The van der Waals surface area contributed by atoms with Crippen LogP contribution in [0.2, 0.25) is 10.4 Å². The Labute approximate surface area is 84.2 Å². The summed E-state index contributed by atoms with van der Waals surface area (Å²) in [5, 5.41) is 0.608. The summed E-state index contributed by atoms with van der Waals surface area (Å²) < 4.78 is 1.66. The maximum absolute atomic E-state index is 5.64. The summed E-state index contributed by atoms with van der Waals surface area (Å²) in [6.07, 6.45) is 4.76. The molecule has 0 bridgehead atoms. The Morgan fingerprint density at radius 1 is 1.23 bits per heavy atom. The highest BCUT2D eigenvalue weighted by atomic mass is 35.5. The van der Waals surface area contributed by atoms with Crippen molar-refractivity contribution in [3.63, 3.8) is 0 Å². The summed E-state index contributed by atoms with van der Waals surface area (Å²) in [6, 6.07) is 1.71. The molecule has 0 N–H and O–H groups in total. The molecule has 0 radical (unpaired) electrons. The fraction of sp³-hybridized carbons (Fsp3) is 0. The molecule has 0 unspecified atom stereocenters. The molecular formula is C7H4Cl2N4. The van der Waals surface area contributed by atoms with Gasteiger partial charge >= 0.3 is 0 Å². The van der Waals surface area contributed by atoms with E-state index in [2.05, 4.69) is 15.0 Å². The van der Waals surface area contributed by atoms with Crippen LogP contribution in [0.1, 0.15) is 0 Å². The maximum Gasteiger partial charge on any atom is 0.224 e. The van der Waals surface area contributed by atoms with Gasteiger partial charge in [0.15, 0.2) is 0 Å². The van der Waals surface area contributed by atoms with Crippen molar-refractivity contribution in [2.45, 2.75) is 0 Å². The lowest BCUT2D eigenvalue weighted by molar-refractivity contribution is 0.971. The second-order valence-electron chi connectivity index (χ2n) is 2.29. The molecule has 13 heavy (non-hydrogen) atoms. The first kappa shape index (κ1) is 8.47. The van der Waals surface area contributed by atoms with Crippen molar-refractivity contribution in [3.8, 4) is 5.82 Å². The number of aromatic nitrogens is 4. The zero-order chi connectivity index (χ0) is 9.26. The summed E-state index contributed by atoms with van der Waals surface area (Å²) in [5.74, 6) is 0.638. The molecular weight excluding hydrogens is 211 g/mol. The highest BCUT2D eigenvalue weighted by Crippen LogP contribution is 2.10. The van der Waals surface area contributed by atoms with Crippen molar-refractivity contribution in [2.24, 2.45) is 0 Å². The zero-order valence-corrected chi connectivity index (χ0v) is 7.87. The Bertz CT molecular complexity index is 426. The van der Waals surface area contributed by atoms with Crippen molar-refractivity contribution >= 4 is 23.2 Å². The first-order valence-electron chi connectivity index (χ1n) is 3.44. The minimum absolute atomic E-state index is 0.197. The molecule has 0 atom stereocenters. The minimum Gasteiger partial charge on any atom is -0.289 e. The van der Waals surface area contributed by atoms with Crippen LogP contribution in [0.4, 0.5) is 0 Å². The third-order valence-corrected chi connectivity index (χ3v) is 1.80. The molecule has 2 aromatic rings. The number of hydrogen-bond acceptors (Lipinski definition) is 3. The van der Waals surface area contributed by atoms with Gasteiger partial charge in [-0.1, -0.05) is 11.6 Å². The first-order valence-corrected chi connectivity index (χ1v) is 4.20. The standard InChI is InChI=1S/C7H4Cl2N4/c8-5-3-13(4-11-5)6-1-2-10-7(9)12-6/h1-4H. The van der Waals surface area contributed by atoms with Crippen LogP contribution in [0.25, 0.3) is 5.82 Å². The van der Waals surface area contributed by atoms with Crippen LogP contribution in [-0.2, 0) is 0 Å². The molecule has 0 saturated carbocycles. The molecule has 6 heteroatoms. The van der Waals surface area contributed by atoms with Gasteiger partial charge in [0.2, 0.25) is 5.28 Å². The molecule has 66 valence electrons. The van der Waals surface area contributed by atoms with E-state index in [1.165, 1.54) is 0 Å². The van der Waals surface area contributed by atoms with E-state index in [4.69, 9.17) is 23.2 Å². The first-order chi connectivity index (χ1) is 6.25. The lowest BCUT2D eigenvalue weighted by Gasteiger charge is -1.98. The third-order valence-electron chi connectivity index (χ3n) is 1.43. The summed E-state index contributed by atoms with van der Waals surface area (Å²) in [5.41, 5.74) is 0. The van der Waals surface area contributed by atoms with Gasteiger partial charge in [-0.05, 0) is 17.7 Å². The zero-order valence-electron chi connectivity index (χ0n) is 6.35. The van der Waals surface area contributed by atoms with Crippen molar-refractivity contribution < 1.29 is 0 Å². The Morgan fingerprint density at radius 3 is 2.69 bits per heavy atom. The third kappa shape index (κ3) is 1.79. The lowest BCUT2D eigenvalue weighted by Crippen LogP contribution is -1.94. The average Bonchev–Trinajstić information content (AvgIpc) is 2.52. The smallest absolute Gasteiger partial charge is 0.224 e. The molecule has 0 aromatic carbocycles. The lowest BCUT2D eigenvalue weighted by atomic mass is 10.6. The molecule has 0 aliphatic rings. The van der Waals surface area contributed by atoms with Crippen LogP contribution >= 0.6 is 23.2 Å². The second kappa shape index (κ2) is 3.32. The highest BCUT2D eigenvalue weighted by Gasteiger charge is 2.00. The molecule has 0 amide bonds. The van der Waals surface area contributed by atoms with Crippen LogP contribution in [0.3, 0.4) is 0 Å². The number of rotatable bonds is 1. The Balaban J connectivity index is 2.46. The molecule has 2 aromatic heterocycles. The highest BCUT2D eigenvalue weighted by molar-refractivity contribution is 6.29. The average molecular weight is 215 g/mol. The van der Waals surface area contributed by atoms with E-state index in [1.54, 1.807) is 29.4 Å². The SMILES string of the molecule is Clc1cn(-c2ccnc(Cl)n2)cn1. The van der Waals surface area contributed by atoms with Gasteiger partial charge in [-0.15, -0.1) is 0 Å². The van der Waals surface area contributed by atoms with E-state index in [0.29, 0.717) is 11.0 Å². The van der Waals surface area contributed by atoms with Crippen LogP contribution in [-0.4, -0.2) is 19.5 Å². The van der Waals surface area contributed by atoms with Crippen molar-refractivity contribution in [3.05, 3.63) is 35.2 Å². The van der Waals surface area contributed by atoms with E-state index in [9.17, 15) is 0 Å². The fourth-order valence-corrected chi connectivity index (χ4v) is 1.19. The van der Waals surface area contributed by atoms with Crippen LogP contribution < -0.4 is 0 Å². The molecule has 4 nitrogen and oxygen atoms in total. The van der Waals surface area contributed by atoms with E-state index < -0.39 is 0 Å². The van der Waals surface area contributed by atoms with Gasteiger partial charge in [-0.25, -0.2) is 9.97 Å². The van der Waals surface area contributed by atoms with Crippen LogP contribution in [0.15, 0.2) is 24.8 Å². The van der Waals surface area contributed by atoms with E-state index in [-0.39, 0.29) is 5.28 Å². The van der Waals surface area contributed by atoms with Crippen LogP contribution in [0, 0.1) is 0 Å². The van der Waals surface area contributed by atoms with Gasteiger partial charge in [0, 0.05) is 12.4 Å². The predicted octanol–water partition coefficient (Wildman–Crippen LogP) is 1.97. The monoisotopic (exact) mass is 214 g/mol. The predicted molar refractivity (Wildman–Crippen MR) is 49.2 cm³/mol.